The maximum Gasteiger partial charge on any atom is 0.251 e. The molecule has 0 bridgehead atoms. The Hall–Kier alpha value is -3.34. The van der Waals surface area contributed by atoms with Crippen LogP contribution in [0.2, 0.25) is 0 Å². The summed E-state index contributed by atoms with van der Waals surface area (Å²) in [4.78, 5) is 16.8. The zero-order valence-electron chi connectivity index (χ0n) is 14.6. The van der Waals surface area contributed by atoms with Gasteiger partial charge in [-0.05, 0) is 60.3 Å². The maximum atomic E-state index is 12.5. The lowest BCUT2D eigenvalue weighted by Crippen LogP contribution is -2.22. The number of rotatable bonds is 4. The van der Waals surface area contributed by atoms with Crippen LogP contribution < -0.4 is 11.1 Å². The molecule has 0 saturated carbocycles. The van der Waals surface area contributed by atoms with Crippen molar-refractivity contribution >= 4 is 33.5 Å². The SMILES string of the molecule is CCn1ccc2ccc(C(=O)NCc3ccc4nc(N)ccc4c3)cc21. The summed E-state index contributed by atoms with van der Waals surface area (Å²) in [6.45, 7) is 3.44. The molecule has 1 amide bonds. The summed E-state index contributed by atoms with van der Waals surface area (Å²) >= 11 is 0. The summed E-state index contributed by atoms with van der Waals surface area (Å²) in [5, 5.41) is 5.14. The van der Waals surface area contributed by atoms with Crippen molar-refractivity contribution < 1.29 is 4.79 Å². The van der Waals surface area contributed by atoms with Crippen molar-refractivity contribution in [3.63, 3.8) is 0 Å². The molecule has 0 fully saturated rings. The molecule has 2 heterocycles. The number of nitrogens with zero attached hydrogens (tertiary/aromatic N) is 2. The number of nitrogens with two attached hydrogens (primary N) is 1. The van der Waals surface area contributed by atoms with E-state index in [9.17, 15) is 4.79 Å². The van der Waals surface area contributed by atoms with Crippen LogP contribution in [0.25, 0.3) is 21.8 Å². The molecule has 2 aromatic heterocycles. The third kappa shape index (κ3) is 2.99. The van der Waals surface area contributed by atoms with E-state index in [0.29, 0.717) is 17.9 Å². The van der Waals surface area contributed by atoms with Gasteiger partial charge in [0.25, 0.3) is 5.91 Å². The Bertz CT molecular complexity index is 1110. The average molecular weight is 344 g/mol. The predicted molar refractivity (Wildman–Crippen MR) is 105 cm³/mol. The highest BCUT2D eigenvalue weighted by molar-refractivity contribution is 5.98. The number of nitrogen functional groups attached to an aromatic ring is 1. The van der Waals surface area contributed by atoms with E-state index in [1.54, 1.807) is 6.07 Å². The molecule has 0 radical (unpaired) electrons. The fourth-order valence-electron chi connectivity index (χ4n) is 3.19. The highest BCUT2D eigenvalue weighted by atomic mass is 16.1. The van der Waals surface area contributed by atoms with Crippen LogP contribution in [0, 0.1) is 0 Å². The van der Waals surface area contributed by atoms with Crippen LogP contribution in [0.4, 0.5) is 5.82 Å². The zero-order chi connectivity index (χ0) is 18.1. The standard InChI is InChI=1S/C21H20N4O/c1-2-25-10-9-15-4-5-17(12-19(15)25)21(26)23-13-14-3-7-18-16(11-14)6-8-20(22)24-18/h3-12H,2,13H2,1H3,(H2,22,24)(H,23,26). The fraction of sp³-hybridized carbons (Fsp3) is 0.143. The number of amides is 1. The van der Waals surface area contributed by atoms with E-state index in [4.69, 9.17) is 5.73 Å². The van der Waals surface area contributed by atoms with Crippen molar-refractivity contribution in [1.82, 2.24) is 14.9 Å². The maximum absolute atomic E-state index is 12.5. The van der Waals surface area contributed by atoms with Gasteiger partial charge in [0.05, 0.1) is 5.52 Å². The van der Waals surface area contributed by atoms with E-state index < -0.39 is 0 Å². The molecule has 3 N–H and O–H groups in total. The highest BCUT2D eigenvalue weighted by Crippen LogP contribution is 2.18. The molecule has 0 saturated heterocycles. The number of fused-ring (bicyclic) bond motifs is 2. The number of pyridine rings is 1. The molecule has 26 heavy (non-hydrogen) atoms. The molecule has 4 aromatic rings. The molecule has 130 valence electrons. The predicted octanol–water partition coefficient (Wildman–Crippen LogP) is 3.72. The molecule has 0 atom stereocenters. The van der Waals surface area contributed by atoms with E-state index in [1.807, 2.05) is 48.7 Å². The molecule has 4 rings (SSSR count). The summed E-state index contributed by atoms with van der Waals surface area (Å²) < 4.78 is 2.13. The molecule has 0 aliphatic rings. The van der Waals surface area contributed by atoms with Crippen LogP contribution in [0.15, 0.2) is 60.8 Å². The Morgan fingerprint density at radius 2 is 1.92 bits per heavy atom. The number of anilines is 1. The normalized spacial score (nSPS) is 11.1. The largest absolute Gasteiger partial charge is 0.384 e. The topological polar surface area (TPSA) is 72.9 Å². The van der Waals surface area contributed by atoms with Crippen LogP contribution >= 0.6 is 0 Å². The third-order valence-electron chi connectivity index (χ3n) is 4.60. The van der Waals surface area contributed by atoms with Gasteiger partial charge in [-0.25, -0.2) is 4.98 Å². The summed E-state index contributed by atoms with van der Waals surface area (Å²) in [6.07, 6.45) is 2.04. The van der Waals surface area contributed by atoms with E-state index in [0.717, 1.165) is 33.9 Å². The lowest BCUT2D eigenvalue weighted by Gasteiger charge is -2.08. The molecular formula is C21H20N4O. The Morgan fingerprint density at radius 1 is 1.08 bits per heavy atom. The summed E-state index contributed by atoms with van der Waals surface area (Å²) in [5.41, 5.74) is 9.33. The lowest BCUT2D eigenvalue weighted by molar-refractivity contribution is 0.0951. The van der Waals surface area contributed by atoms with Gasteiger partial charge in [0.2, 0.25) is 0 Å². The van der Waals surface area contributed by atoms with Crippen LogP contribution in [-0.4, -0.2) is 15.5 Å². The average Bonchev–Trinajstić information content (AvgIpc) is 3.08. The van der Waals surface area contributed by atoms with E-state index in [2.05, 4.69) is 27.9 Å². The Morgan fingerprint density at radius 3 is 2.77 bits per heavy atom. The van der Waals surface area contributed by atoms with E-state index in [-0.39, 0.29) is 5.91 Å². The first-order valence-corrected chi connectivity index (χ1v) is 8.66. The van der Waals surface area contributed by atoms with Gasteiger partial charge in [-0.1, -0.05) is 12.1 Å². The van der Waals surface area contributed by atoms with Crippen molar-refractivity contribution in [2.24, 2.45) is 0 Å². The zero-order valence-corrected chi connectivity index (χ0v) is 14.6. The number of carbonyl (C=O) groups excluding carboxylic acids is 1. The number of aryl methyl sites for hydroxylation is 1. The number of nitrogens with one attached hydrogen (secondary N) is 1. The Kier molecular flexibility index (Phi) is 4.05. The second kappa shape index (κ2) is 6.52. The second-order valence-corrected chi connectivity index (χ2v) is 6.32. The minimum atomic E-state index is -0.0775. The van der Waals surface area contributed by atoms with Gasteiger partial charge in [-0.15, -0.1) is 0 Å². The van der Waals surface area contributed by atoms with Gasteiger partial charge in [-0.3, -0.25) is 4.79 Å². The van der Waals surface area contributed by atoms with Gasteiger partial charge in [-0.2, -0.15) is 0 Å². The van der Waals surface area contributed by atoms with Crippen LogP contribution in [0.1, 0.15) is 22.8 Å². The van der Waals surface area contributed by atoms with Gasteiger partial charge in [0.15, 0.2) is 0 Å². The fourth-order valence-corrected chi connectivity index (χ4v) is 3.19. The van der Waals surface area contributed by atoms with Crippen molar-refractivity contribution in [2.45, 2.75) is 20.0 Å². The summed E-state index contributed by atoms with van der Waals surface area (Å²) in [5.74, 6) is 0.428. The first-order chi connectivity index (χ1) is 12.6. The number of hydrogen-bond donors (Lipinski definition) is 2. The summed E-state index contributed by atoms with van der Waals surface area (Å²) in [7, 11) is 0. The summed E-state index contributed by atoms with van der Waals surface area (Å²) in [6, 6.07) is 17.5. The van der Waals surface area contributed by atoms with Crippen LogP contribution in [-0.2, 0) is 13.1 Å². The second-order valence-electron chi connectivity index (χ2n) is 6.32. The molecule has 5 heteroatoms. The molecular weight excluding hydrogens is 324 g/mol. The van der Waals surface area contributed by atoms with Crippen molar-refractivity contribution in [1.29, 1.82) is 0 Å². The molecule has 2 aromatic carbocycles. The molecule has 0 aliphatic heterocycles. The monoisotopic (exact) mass is 344 g/mol. The third-order valence-corrected chi connectivity index (χ3v) is 4.60. The molecule has 0 unspecified atom stereocenters. The minimum absolute atomic E-state index is 0.0775. The van der Waals surface area contributed by atoms with Crippen molar-refractivity contribution in [2.75, 3.05) is 5.73 Å². The number of benzene rings is 2. The molecule has 0 aliphatic carbocycles. The highest BCUT2D eigenvalue weighted by Gasteiger charge is 2.08. The van der Waals surface area contributed by atoms with E-state index >= 15 is 0 Å². The number of carbonyl (C=O) groups is 1. The van der Waals surface area contributed by atoms with Crippen LogP contribution in [0.3, 0.4) is 0 Å². The quantitative estimate of drug-likeness (QED) is 0.592. The van der Waals surface area contributed by atoms with Gasteiger partial charge < -0.3 is 15.6 Å². The Labute approximate surface area is 151 Å². The lowest BCUT2D eigenvalue weighted by atomic mass is 10.1. The molecule has 0 spiro atoms. The van der Waals surface area contributed by atoms with Crippen LogP contribution in [0.5, 0.6) is 0 Å². The van der Waals surface area contributed by atoms with Crippen molar-refractivity contribution in [3.8, 4) is 0 Å². The van der Waals surface area contributed by atoms with E-state index in [1.165, 1.54) is 0 Å². The number of aromatic nitrogens is 2. The Balaban J connectivity index is 1.52. The van der Waals surface area contributed by atoms with Crippen molar-refractivity contribution in [3.05, 3.63) is 71.9 Å². The van der Waals surface area contributed by atoms with Gasteiger partial charge in [0.1, 0.15) is 5.82 Å². The smallest absolute Gasteiger partial charge is 0.251 e. The first-order valence-electron chi connectivity index (χ1n) is 8.66. The van der Waals surface area contributed by atoms with Gasteiger partial charge >= 0.3 is 0 Å². The molecule has 5 nitrogen and oxygen atoms in total. The minimum Gasteiger partial charge on any atom is -0.384 e. The number of hydrogen-bond acceptors (Lipinski definition) is 3. The first kappa shape index (κ1) is 16.1. The van der Waals surface area contributed by atoms with Gasteiger partial charge in [0, 0.05) is 35.8 Å².